The van der Waals surface area contributed by atoms with Crippen LogP contribution in [0.15, 0.2) is 77.8 Å². The first-order valence-corrected chi connectivity index (χ1v) is 9.44. The summed E-state index contributed by atoms with van der Waals surface area (Å²) >= 11 is 0. The highest BCUT2D eigenvalue weighted by molar-refractivity contribution is 5.91. The number of ether oxygens (including phenoxy) is 1. The van der Waals surface area contributed by atoms with Gasteiger partial charge in [-0.15, -0.1) is 0 Å². The number of rotatable bonds is 5. The summed E-state index contributed by atoms with van der Waals surface area (Å²) in [6, 6.07) is 20.3. The number of nitrogens with zero attached hydrogens (tertiary/aromatic N) is 2. The van der Waals surface area contributed by atoms with Crippen LogP contribution >= 0.6 is 0 Å². The summed E-state index contributed by atoms with van der Waals surface area (Å²) in [5, 5.41) is 10.8. The maximum absolute atomic E-state index is 12.4. The number of carbonyl (C=O) groups is 1. The van der Waals surface area contributed by atoms with Crippen molar-refractivity contribution < 1.29 is 14.5 Å². The third-order valence-electron chi connectivity index (χ3n) is 4.48. The largest absolute Gasteiger partial charge is 0.423 e. The quantitative estimate of drug-likeness (QED) is 0.176. The predicted molar refractivity (Wildman–Crippen MR) is 117 cm³/mol. The van der Waals surface area contributed by atoms with Crippen LogP contribution in [-0.2, 0) is 5.41 Å². The summed E-state index contributed by atoms with van der Waals surface area (Å²) in [6.07, 6.45) is 1.55. The number of nitro groups is 1. The normalized spacial score (nSPS) is 11.4. The van der Waals surface area contributed by atoms with Gasteiger partial charge in [0, 0.05) is 18.3 Å². The summed E-state index contributed by atoms with van der Waals surface area (Å²) < 4.78 is 5.42. The number of hydrogen-bond acceptors (Lipinski definition) is 5. The first-order chi connectivity index (χ1) is 14.2. The fourth-order valence-electron chi connectivity index (χ4n) is 2.74. The van der Waals surface area contributed by atoms with E-state index in [1.165, 1.54) is 12.1 Å². The van der Waals surface area contributed by atoms with E-state index in [9.17, 15) is 14.9 Å². The Bertz CT molecular complexity index is 1080. The van der Waals surface area contributed by atoms with Gasteiger partial charge in [-0.05, 0) is 52.9 Å². The average molecular weight is 402 g/mol. The van der Waals surface area contributed by atoms with Crippen molar-refractivity contribution in [2.24, 2.45) is 4.99 Å². The number of hydrogen-bond donors (Lipinski definition) is 0. The SMILES string of the molecule is CC(C)(C)c1ccc(C(=O)Oc2ccc(/N=C/c3cccc([N+](=O)[O-])c3)cc2)cc1. The zero-order chi connectivity index (χ0) is 21.7. The van der Waals surface area contributed by atoms with Crippen LogP contribution in [0.25, 0.3) is 0 Å². The van der Waals surface area contributed by atoms with Gasteiger partial charge in [-0.1, -0.05) is 45.0 Å². The minimum Gasteiger partial charge on any atom is -0.423 e. The minimum absolute atomic E-state index is 0.0109. The molecule has 30 heavy (non-hydrogen) atoms. The summed E-state index contributed by atoms with van der Waals surface area (Å²) in [7, 11) is 0. The molecule has 6 heteroatoms. The molecule has 0 spiro atoms. The lowest BCUT2D eigenvalue weighted by Gasteiger charge is -2.18. The molecule has 3 aromatic rings. The highest BCUT2D eigenvalue weighted by atomic mass is 16.6. The molecule has 0 fully saturated rings. The highest BCUT2D eigenvalue weighted by Gasteiger charge is 2.15. The molecule has 3 rings (SSSR count). The molecule has 0 saturated heterocycles. The van der Waals surface area contributed by atoms with Crippen molar-refractivity contribution in [3.63, 3.8) is 0 Å². The van der Waals surface area contributed by atoms with E-state index in [0.717, 1.165) is 5.56 Å². The van der Waals surface area contributed by atoms with Crippen molar-refractivity contribution in [3.05, 3.63) is 99.6 Å². The molecule has 0 amide bonds. The Labute approximate surface area is 175 Å². The van der Waals surface area contributed by atoms with Gasteiger partial charge < -0.3 is 4.74 Å². The third-order valence-corrected chi connectivity index (χ3v) is 4.48. The Morgan fingerprint density at radius 1 is 1.00 bits per heavy atom. The van der Waals surface area contributed by atoms with Gasteiger partial charge in [-0.3, -0.25) is 15.1 Å². The molecule has 0 aliphatic rings. The van der Waals surface area contributed by atoms with Gasteiger partial charge in [0.1, 0.15) is 5.75 Å². The molecule has 3 aromatic carbocycles. The summed E-state index contributed by atoms with van der Waals surface area (Å²) in [4.78, 5) is 27.0. The zero-order valence-corrected chi connectivity index (χ0v) is 17.0. The molecule has 0 bridgehead atoms. The maximum Gasteiger partial charge on any atom is 0.343 e. The highest BCUT2D eigenvalue weighted by Crippen LogP contribution is 2.23. The second-order valence-corrected chi connectivity index (χ2v) is 7.82. The molecule has 0 aliphatic heterocycles. The van der Waals surface area contributed by atoms with E-state index >= 15 is 0 Å². The van der Waals surface area contributed by atoms with E-state index in [0.29, 0.717) is 22.6 Å². The predicted octanol–water partition coefficient (Wildman–Crippen LogP) is 5.86. The van der Waals surface area contributed by atoms with Crippen molar-refractivity contribution in [2.75, 3.05) is 0 Å². The van der Waals surface area contributed by atoms with Crippen LogP contribution in [0.3, 0.4) is 0 Å². The van der Waals surface area contributed by atoms with E-state index in [1.807, 2.05) is 12.1 Å². The molecule has 0 radical (unpaired) electrons. The van der Waals surface area contributed by atoms with E-state index in [4.69, 9.17) is 4.74 Å². The summed E-state index contributed by atoms with van der Waals surface area (Å²) in [5.41, 5.74) is 2.91. The molecular formula is C24H22N2O4. The van der Waals surface area contributed by atoms with Crippen molar-refractivity contribution in [1.29, 1.82) is 0 Å². The molecule has 0 saturated carbocycles. The van der Waals surface area contributed by atoms with Crippen molar-refractivity contribution >= 4 is 23.6 Å². The molecule has 0 aromatic heterocycles. The molecule has 0 heterocycles. The third kappa shape index (κ3) is 5.38. The van der Waals surface area contributed by atoms with E-state index in [-0.39, 0.29) is 11.1 Å². The Balaban J connectivity index is 1.65. The number of nitro benzene ring substituents is 1. The number of non-ortho nitro benzene ring substituents is 1. The Morgan fingerprint density at radius 3 is 2.27 bits per heavy atom. The zero-order valence-electron chi connectivity index (χ0n) is 17.0. The van der Waals surface area contributed by atoms with Gasteiger partial charge in [0.15, 0.2) is 0 Å². The minimum atomic E-state index is -0.447. The van der Waals surface area contributed by atoms with E-state index < -0.39 is 10.9 Å². The standard InChI is InChI=1S/C24H22N2O4/c1-24(2,3)19-9-7-18(8-10-19)23(27)30-22-13-11-20(12-14-22)25-16-17-5-4-6-21(15-17)26(28)29/h4-16H,1-3H3/b25-16+. The van der Waals surface area contributed by atoms with Crippen LogP contribution in [0.2, 0.25) is 0 Å². The fraction of sp³-hybridized carbons (Fsp3) is 0.167. The van der Waals surface area contributed by atoms with Crippen LogP contribution in [0.5, 0.6) is 5.75 Å². The monoisotopic (exact) mass is 402 g/mol. The number of benzene rings is 3. The van der Waals surface area contributed by atoms with Gasteiger partial charge in [0.2, 0.25) is 0 Å². The van der Waals surface area contributed by atoms with Gasteiger partial charge in [-0.25, -0.2) is 4.79 Å². The lowest BCUT2D eigenvalue weighted by atomic mass is 9.87. The van der Waals surface area contributed by atoms with Gasteiger partial charge in [0.05, 0.1) is 16.2 Å². The number of carbonyl (C=O) groups excluding carboxylic acids is 1. The van der Waals surface area contributed by atoms with Gasteiger partial charge in [0.25, 0.3) is 5.69 Å². The fourth-order valence-corrected chi connectivity index (χ4v) is 2.74. The Kier molecular flexibility index (Phi) is 6.06. The van der Waals surface area contributed by atoms with Gasteiger partial charge in [-0.2, -0.15) is 0 Å². The Morgan fingerprint density at radius 2 is 1.67 bits per heavy atom. The summed E-state index contributed by atoms with van der Waals surface area (Å²) in [6.45, 7) is 6.34. The summed E-state index contributed by atoms with van der Waals surface area (Å²) in [5.74, 6) is -0.0162. The molecule has 152 valence electrons. The van der Waals surface area contributed by atoms with Crippen molar-refractivity contribution in [3.8, 4) is 5.75 Å². The average Bonchev–Trinajstić information content (AvgIpc) is 2.73. The van der Waals surface area contributed by atoms with Crippen LogP contribution in [0.4, 0.5) is 11.4 Å². The molecule has 6 nitrogen and oxygen atoms in total. The first kappa shape index (κ1) is 20.9. The van der Waals surface area contributed by atoms with Crippen LogP contribution in [-0.4, -0.2) is 17.1 Å². The molecule has 0 aliphatic carbocycles. The second-order valence-electron chi connectivity index (χ2n) is 7.82. The first-order valence-electron chi connectivity index (χ1n) is 9.44. The van der Waals surface area contributed by atoms with Crippen molar-refractivity contribution in [2.45, 2.75) is 26.2 Å². The number of esters is 1. The molecule has 0 atom stereocenters. The second kappa shape index (κ2) is 8.69. The van der Waals surface area contributed by atoms with Gasteiger partial charge >= 0.3 is 5.97 Å². The number of aliphatic imine (C=N–C) groups is 1. The topological polar surface area (TPSA) is 81.8 Å². The molecule has 0 unspecified atom stereocenters. The van der Waals surface area contributed by atoms with Crippen molar-refractivity contribution in [1.82, 2.24) is 0 Å². The lowest BCUT2D eigenvalue weighted by molar-refractivity contribution is -0.384. The Hall–Kier alpha value is -3.80. The van der Waals surface area contributed by atoms with Crippen LogP contribution in [0, 0.1) is 10.1 Å². The van der Waals surface area contributed by atoms with Crippen LogP contribution in [0.1, 0.15) is 42.3 Å². The maximum atomic E-state index is 12.4. The molecule has 0 N–H and O–H groups in total. The smallest absolute Gasteiger partial charge is 0.343 e. The lowest BCUT2D eigenvalue weighted by Crippen LogP contribution is -2.12. The van der Waals surface area contributed by atoms with Crippen LogP contribution < -0.4 is 4.74 Å². The van der Waals surface area contributed by atoms with E-state index in [1.54, 1.807) is 54.7 Å². The van der Waals surface area contributed by atoms with E-state index in [2.05, 4.69) is 25.8 Å². The molecular weight excluding hydrogens is 380 g/mol.